The largest absolute Gasteiger partial charge is 0.493 e. The van der Waals surface area contributed by atoms with Crippen molar-refractivity contribution in [1.82, 2.24) is 10.5 Å². The standard InChI is InChI=1S/C24H28N2O3/c1-16-21(17(2)29-26-16)15-28-23-12-11-18(13-24(23)27-3)14-25-22-10-6-8-19-7-4-5-9-20(19)22/h4-5,7,9,11-13,22,25H,6,8,10,14-15H2,1-3H3/t22-/m0/s1. The summed E-state index contributed by atoms with van der Waals surface area (Å²) in [6, 6.07) is 15.3. The van der Waals surface area contributed by atoms with Crippen LogP contribution in [-0.2, 0) is 19.6 Å². The van der Waals surface area contributed by atoms with Gasteiger partial charge in [-0.3, -0.25) is 0 Å². The molecule has 0 fully saturated rings. The summed E-state index contributed by atoms with van der Waals surface area (Å²) in [5.41, 5.74) is 5.92. The molecule has 1 aliphatic rings. The summed E-state index contributed by atoms with van der Waals surface area (Å²) in [5, 5.41) is 7.69. The second-order valence-corrected chi connectivity index (χ2v) is 7.60. The lowest BCUT2D eigenvalue weighted by Crippen LogP contribution is -2.24. The van der Waals surface area contributed by atoms with Gasteiger partial charge in [0.1, 0.15) is 12.4 Å². The lowest BCUT2D eigenvalue weighted by Gasteiger charge is -2.26. The molecule has 1 atom stereocenters. The number of fused-ring (bicyclic) bond motifs is 1. The van der Waals surface area contributed by atoms with Gasteiger partial charge in [0.25, 0.3) is 0 Å². The van der Waals surface area contributed by atoms with Crippen molar-refractivity contribution in [3.8, 4) is 11.5 Å². The van der Waals surface area contributed by atoms with Crippen LogP contribution in [0.1, 0.15) is 52.6 Å². The van der Waals surface area contributed by atoms with E-state index in [0.717, 1.165) is 35.1 Å². The van der Waals surface area contributed by atoms with E-state index in [4.69, 9.17) is 14.0 Å². The van der Waals surface area contributed by atoms with Crippen LogP contribution in [0.15, 0.2) is 47.0 Å². The maximum absolute atomic E-state index is 5.98. The van der Waals surface area contributed by atoms with Gasteiger partial charge in [0.15, 0.2) is 11.5 Å². The van der Waals surface area contributed by atoms with Crippen molar-refractivity contribution >= 4 is 0 Å². The van der Waals surface area contributed by atoms with Crippen molar-refractivity contribution in [2.75, 3.05) is 7.11 Å². The van der Waals surface area contributed by atoms with Crippen molar-refractivity contribution in [1.29, 1.82) is 0 Å². The molecule has 0 radical (unpaired) electrons. The van der Waals surface area contributed by atoms with Crippen molar-refractivity contribution in [3.63, 3.8) is 0 Å². The third kappa shape index (κ3) is 4.30. The molecular weight excluding hydrogens is 364 g/mol. The Hall–Kier alpha value is -2.79. The normalized spacial score (nSPS) is 15.8. The molecule has 4 rings (SSSR count). The minimum Gasteiger partial charge on any atom is -0.493 e. The smallest absolute Gasteiger partial charge is 0.161 e. The number of ether oxygens (including phenoxy) is 2. The summed E-state index contributed by atoms with van der Waals surface area (Å²) in [7, 11) is 1.67. The van der Waals surface area contributed by atoms with Crippen LogP contribution in [0.4, 0.5) is 0 Å². The zero-order valence-electron chi connectivity index (χ0n) is 17.3. The number of hydrogen-bond donors (Lipinski definition) is 1. The summed E-state index contributed by atoms with van der Waals surface area (Å²) in [5.74, 6) is 2.24. The quantitative estimate of drug-likeness (QED) is 0.610. The number of methoxy groups -OCH3 is 1. The molecule has 5 nitrogen and oxygen atoms in total. The van der Waals surface area contributed by atoms with Crippen molar-refractivity contribution in [3.05, 3.63) is 76.2 Å². The zero-order chi connectivity index (χ0) is 20.2. The van der Waals surface area contributed by atoms with Gasteiger partial charge in [0, 0.05) is 12.6 Å². The number of hydrogen-bond acceptors (Lipinski definition) is 5. The van der Waals surface area contributed by atoms with Crippen LogP contribution in [-0.4, -0.2) is 12.3 Å². The van der Waals surface area contributed by atoms with Gasteiger partial charge in [-0.2, -0.15) is 0 Å². The first kappa shape index (κ1) is 19.5. The molecule has 152 valence electrons. The molecule has 1 aromatic heterocycles. The van der Waals surface area contributed by atoms with Gasteiger partial charge in [0.2, 0.25) is 0 Å². The van der Waals surface area contributed by atoms with Gasteiger partial charge in [-0.1, -0.05) is 35.5 Å². The summed E-state index contributed by atoms with van der Waals surface area (Å²) >= 11 is 0. The number of rotatable bonds is 7. The molecule has 1 heterocycles. The Morgan fingerprint density at radius 3 is 2.79 bits per heavy atom. The molecule has 0 spiro atoms. The first-order chi connectivity index (χ1) is 14.2. The van der Waals surface area contributed by atoms with Crippen molar-refractivity contribution in [2.24, 2.45) is 0 Å². The monoisotopic (exact) mass is 392 g/mol. The SMILES string of the molecule is COc1cc(CN[C@H]2CCCc3ccccc32)ccc1OCc1c(C)noc1C. The predicted octanol–water partition coefficient (Wildman–Crippen LogP) is 5.05. The van der Waals surface area contributed by atoms with Crippen LogP contribution >= 0.6 is 0 Å². The van der Waals surface area contributed by atoms with Crippen molar-refractivity contribution in [2.45, 2.75) is 52.3 Å². The summed E-state index contributed by atoms with van der Waals surface area (Å²) in [6.45, 7) is 5.02. The molecule has 0 saturated carbocycles. The third-order valence-electron chi connectivity index (χ3n) is 5.70. The molecule has 0 unspecified atom stereocenters. The van der Waals surface area contributed by atoms with E-state index in [-0.39, 0.29) is 0 Å². The molecule has 1 N–H and O–H groups in total. The Bertz CT molecular complexity index is 961. The fourth-order valence-electron chi connectivity index (χ4n) is 4.01. The molecular formula is C24H28N2O3. The van der Waals surface area contributed by atoms with Gasteiger partial charge in [-0.15, -0.1) is 0 Å². The number of benzene rings is 2. The second kappa shape index (κ2) is 8.70. The summed E-state index contributed by atoms with van der Waals surface area (Å²) < 4.78 is 16.8. The molecule has 5 heteroatoms. The highest BCUT2D eigenvalue weighted by molar-refractivity contribution is 5.43. The first-order valence-electron chi connectivity index (χ1n) is 10.2. The Kier molecular flexibility index (Phi) is 5.86. The number of nitrogens with one attached hydrogen (secondary N) is 1. The van der Waals surface area contributed by atoms with Gasteiger partial charge in [-0.05, 0) is 61.9 Å². The fraction of sp³-hybridized carbons (Fsp3) is 0.375. The van der Waals surface area contributed by atoms with E-state index >= 15 is 0 Å². The average Bonchev–Trinajstić information content (AvgIpc) is 3.08. The maximum atomic E-state index is 5.98. The summed E-state index contributed by atoms with van der Waals surface area (Å²) in [6.07, 6.45) is 3.58. The topological polar surface area (TPSA) is 56.5 Å². The predicted molar refractivity (Wildman–Crippen MR) is 112 cm³/mol. The average molecular weight is 392 g/mol. The number of aryl methyl sites for hydroxylation is 3. The van der Waals surface area contributed by atoms with Crippen LogP contribution < -0.4 is 14.8 Å². The van der Waals surface area contributed by atoms with E-state index in [9.17, 15) is 0 Å². The number of aromatic nitrogens is 1. The molecule has 1 aliphatic carbocycles. The summed E-state index contributed by atoms with van der Waals surface area (Å²) in [4.78, 5) is 0. The maximum Gasteiger partial charge on any atom is 0.161 e. The van der Waals surface area contributed by atoms with E-state index in [1.54, 1.807) is 7.11 Å². The molecule has 0 bridgehead atoms. The van der Waals surface area contributed by atoms with E-state index in [2.05, 4.69) is 40.8 Å². The highest BCUT2D eigenvalue weighted by atomic mass is 16.5. The third-order valence-corrected chi connectivity index (χ3v) is 5.70. The molecule has 0 aliphatic heterocycles. The highest BCUT2D eigenvalue weighted by Gasteiger charge is 2.19. The van der Waals surface area contributed by atoms with E-state index < -0.39 is 0 Å². The number of nitrogens with zero attached hydrogens (tertiary/aromatic N) is 1. The minimum atomic E-state index is 0.404. The molecule has 2 aromatic carbocycles. The van der Waals surface area contributed by atoms with E-state index in [0.29, 0.717) is 12.6 Å². The Balaban J connectivity index is 1.42. The Morgan fingerprint density at radius 2 is 2.00 bits per heavy atom. The first-order valence-corrected chi connectivity index (χ1v) is 10.2. The zero-order valence-corrected chi connectivity index (χ0v) is 17.3. The molecule has 0 amide bonds. The lowest BCUT2D eigenvalue weighted by molar-refractivity contribution is 0.281. The van der Waals surface area contributed by atoms with Gasteiger partial charge in [0.05, 0.1) is 18.4 Å². The molecule has 0 saturated heterocycles. The van der Waals surface area contributed by atoms with Crippen LogP contribution in [0.3, 0.4) is 0 Å². The Labute approximate surface area is 172 Å². The Morgan fingerprint density at radius 1 is 1.14 bits per heavy atom. The van der Waals surface area contributed by atoms with E-state index in [1.807, 2.05) is 26.0 Å². The van der Waals surface area contributed by atoms with Gasteiger partial charge < -0.3 is 19.3 Å². The van der Waals surface area contributed by atoms with E-state index in [1.165, 1.54) is 36.0 Å². The van der Waals surface area contributed by atoms with Crippen LogP contribution in [0.5, 0.6) is 11.5 Å². The van der Waals surface area contributed by atoms with Gasteiger partial charge in [-0.25, -0.2) is 0 Å². The molecule has 29 heavy (non-hydrogen) atoms. The molecule has 3 aromatic rings. The van der Waals surface area contributed by atoms with Gasteiger partial charge >= 0.3 is 0 Å². The van der Waals surface area contributed by atoms with Crippen molar-refractivity contribution < 1.29 is 14.0 Å². The minimum absolute atomic E-state index is 0.404. The fourth-order valence-corrected chi connectivity index (χ4v) is 4.01. The second-order valence-electron chi connectivity index (χ2n) is 7.60. The lowest BCUT2D eigenvalue weighted by atomic mass is 9.87. The van der Waals surface area contributed by atoms with Crippen LogP contribution in [0.2, 0.25) is 0 Å². The highest BCUT2D eigenvalue weighted by Crippen LogP contribution is 2.32. The van der Waals surface area contributed by atoms with Crippen LogP contribution in [0.25, 0.3) is 0 Å². The van der Waals surface area contributed by atoms with Crippen LogP contribution in [0, 0.1) is 13.8 Å².